The Labute approximate surface area is 207 Å². The number of amides is 2. The lowest BCUT2D eigenvalue weighted by Gasteiger charge is -2.34. The first kappa shape index (κ1) is 23.3. The van der Waals surface area contributed by atoms with Crippen molar-refractivity contribution in [2.45, 2.75) is 6.61 Å². The van der Waals surface area contributed by atoms with Crippen molar-refractivity contribution in [3.8, 4) is 11.3 Å². The molecule has 0 atom stereocenters. The van der Waals surface area contributed by atoms with Gasteiger partial charge in [-0.15, -0.1) is 0 Å². The van der Waals surface area contributed by atoms with E-state index in [-0.39, 0.29) is 31.0 Å². The highest BCUT2D eigenvalue weighted by Gasteiger charge is 2.25. The maximum atomic E-state index is 13.4. The topological polar surface area (TPSA) is 92.1 Å². The Morgan fingerprint density at radius 3 is 2.44 bits per heavy atom. The van der Waals surface area contributed by atoms with E-state index >= 15 is 0 Å². The molecule has 0 bridgehead atoms. The highest BCUT2D eigenvalue weighted by molar-refractivity contribution is 5.84. The summed E-state index contributed by atoms with van der Waals surface area (Å²) in [5.74, 6) is 0.189. The van der Waals surface area contributed by atoms with Crippen LogP contribution in [-0.2, 0) is 16.1 Å². The number of benzene rings is 2. The molecule has 1 N–H and O–H groups in total. The molecule has 2 amide bonds. The minimum atomic E-state index is -0.382. The quantitative estimate of drug-likeness (QED) is 0.447. The molecule has 0 aliphatic carbocycles. The third kappa shape index (κ3) is 5.12. The summed E-state index contributed by atoms with van der Waals surface area (Å²) < 4.78 is 20.6. The number of carbonyl (C=O) groups excluding carboxylic acids is 2. The third-order valence-corrected chi connectivity index (χ3v) is 6.05. The van der Waals surface area contributed by atoms with E-state index in [0.29, 0.717) is 43.3 Å². The summed E-state index contributed by atoms with van der Waals surface area (Å²) in [4.78, 5) is 37.4. The minimum absolute atomic E-state index is 0.0444. The van der Waals surface area contributed by atoms with Gasteiger partial charge in [0.05, 0.1) is 12.7 Å². The summed E-state index contributed by atoms with van der Waals surface area (Å²) >= 11 is 0. The molecule has 0 unspecified atom stereocenters. The van der Waals surface area contributed by atoms with Gasteiger partial charge in [0.2, 0.25) is 5.91 Å². The van der Waals surface area contributed by atoms with Crippen LogP contribution in [0.15, 0.2) is 73.2 Å². The lowest BCUT2D eigenvalue weighted by molar-refractivity contribution is -0.130. The molecule has 1 saturated heterocycles. The molecule has 0 saturated carbocycles. The number of aromatic nitrogens is 3. The standard InChI is InChI=1S/C26H25FN6O3/c27-21-8-6-20(7-9-21)24-25(33-11-10-28-16-22(33)30-24)29-17-23(34)31-12-14-32(15-13-31)26(35)36-18-19-4-2-1-3-5-19/h1-11,16,29H,12-15,17-18H2. The monoisotopic (exact) mass is 488 g/mol. The maximum Gasteiger partial charge on any atom is 0.410 e. The Kier molecular flexibility index (Phi) is 6.74. The predicted molar refractivity (Wildman–Crippen MR) is 132 cm³/mol. The van der Waals surface area contributed by atoms with E-state index in [1.165, 1.54) is 12.1 Å². The number of nitrogens with zero attached hydrogens (tertiary/aromatic N) is 5. The van der Waals surface area contributed by atoms with Crippen LogP contribution in [0.5, 0.6) is 0 Å². The largest absolute Gasteiger partial charge is 0.445 e. The molecule has 1 aliphatic heterocycles. The molecule has 5 rings (SSSR count). The molecule has 184 valence electrons. The zero-order valence-electron chi connectivity index (χ0n) is 19.5. The van der Waals surface area contributed by atoms with Gasteiger partial charge in [-0.25, -0.2) is 14.2 Å². The third-order valence-electron chi connectivity index (χ3n) is 6.05. The second-order valence-electron chi connectivity index (χ2n) is 8.38. The van der Waals surface area contributed by atoms with Gasteiger partial charge in [-0.3, -0.25) is 14.2 Å². The number of hydrogen-bond donors (Lipinski definition) is 1. The van der Waals surface area contributed by atoms with Crippen molar-refractivity contribution in [3.05, 3.63) is 84.6 Å². The highest BCUT2D eigenvalue weighted by atomic mass is 19.1. The van der Waals surface area contributed by atoms with E-state index in [1.54, 1.807) is 44.9 Å². The summed E-state index contributed by atoms with van der Waals surface area (Å²) in [6, 6.07) is 15.5. The fourth-order valence-electron chi connectivity index (χ4n) is 4.10. The van der Waals surface area contributed by atoms with Gasteiger partial charge in [-0.2, -0.15) is 0 Å². The molecule has 9 nitrogen and oxygen atoms in total. The Morgan fingerprint density at radius 2 is 1.69 bits per heavy atom. The fraction of sp³-hybridized carbons (Fsp3) is 0.231. The van der Waals surface area contributed by atoms with Crippen molar-refractivity contribution < 1.29 is 18.7 Å². The minimum Gasteiger partial charge on any atom is -0.445 e. The Bertz CT molecular complexity index is 1350. The van der Waals surface area contributed by atoms with Crippen molar-refractivity contribution >= 4 is 23.5 Å². The molecule has 3 heterocycles. The van der Waals surface area contributed by atoms with Crippen LogP contribution in [0.2, 0.25) is 0 Å². The smallest absolute Gasteiger partial charge is 0.410 e. The van der Waals surface area contributed by atoms with Gasteiger partial charge in [0.15, 0.2) is 5.65 Å². The average molecular weight is 489 g/mol. The van der Waals surface area contributed by atoms with Gasteiger partial charge in [-0.05, 0) is 29.8 Å². The first-order valence-electron chi connectivity index (χ1n) is 11.6. The molecule has 1 aliphatic rings. The van der Waals surface area contributed by atoms with E-state index in [0.717, 1.165) is 11.1 Å². The summed E-state index contributed by atoms with van der Waals surface area (Å²) in [7, 11) is 0. The van der Waals surface area contributed by atoms with Gasteiger partial charge in [0.25, 0.3) is 0 Å². The van der Waals surface area contributed by atoms with Gasteiger partial charge in [-0.1, -0.05) is 30.3 Å². The number of halogens is 1. The number of piperazine rings is 1. The summed E-state index contributed by atoms with van der Waals surface area (Å²) in [5, 5.41) is 3.20. The van der Waals surface area contributed by atoms with E-state index in [4.69, 9.17) is 4.74 Å². The number of rotatable bonds is 6. The van der Waals surface area contributed by atoms with Crippen molar-refractivity contribution in [2.24, 2.45) is 0 Å². The molecule has 1 fully saturated rings. The maximum absolute atomic E-state index is 13.4. The van der Waals surface area contributed by atoms with Gasteiger partial charge >= 0.3 is 6.09 Å². The number of nitrogens with one attached hydrogen (secondary N) is 1. The van der Waals surface area contributed by atoms with E-state index in [2.05, 4.69) is 15.3 Å². The summed E-state index contributed by atoms with van der Waals surface area (Å²) in [6.07, 6.45) is 4.62. The molecule has 0 radical (unpaired) electrons. The lowest BCUT2D eigenvalue weighted by atomic mass is 10.1. The van der Waals surface area contributed by atoms with Crippen LogP contribution in [0.25, 0.3) is 16.9 Å². The molecule has 36 heavy (non-hydrogen) atoms. The lowest BCUT2D eigenvalue weighted by Crippen LogP contribution is -2.51. The highest BCUT2D eigenvalue weighted by Crippen LogP contribution is 2.28. The van der Waals surface area contributed by atoms with Crippen LogP contribution in [-0.4, -0.2) is 68.9 Å². The van der Waals surface area contributed by atoms with E-state index in [1.807, 2.05) is 30.3 Å². The Morgan fingerprint density at radius 1 is 0.972 bits per heavy atom. The molecular weight excluding hydrogens is 463 g/mol. The second-order valence-corrected chi connectivity index (χ2v) is 8.38. The van der Waals surface area contributed by atoms with Crippen molar-refractivity contribution in [2.75, 3.05) is 38.0 Å². The van der Waals surface area contributed by atoms with Crippen molar-refractivity contribution in [3.63, 3.8) is 0 Å². The number of ether oxygens (including phenoxy) is 1. The summed E-state index contributed by atoms with van der Waals surface area (Å²) in [6.45, 7) is 1.91. The Hall–Kier alpha value is -4.47. The average Bonchev–Trinajstić information content (AvgIpc) is 3.30. The zero-order chi connectivity index (χ0) is 24.9. The molecule has 2 aromatic heterocycles. The molecular formula is C26H25FN6O3. The SMILES string of the molecule is O=C(CNc1c(-c2ccc(F)cc2)nc2cnccn12)N1CCN(C(=O)OCc2ccccc2)CC1. The van der Waals surface area contributed by atoms with Gasteiger partial charge in [0, 0.05) is 44.1 Å². The first-order chi connectivity index (χ1) is 17.6. The van der Waals surface area contributed by atoms with Crippen molar-refractivity contribution in [1.29, 1.82) is 0 Å². The fourth-order valence-corrected chi connectivity index (χ4v) is 4.10. The Balaban J connectivity index is 1.19. The zero-order valence-corrected chi connectivity index (χ0v) is 19.5. The van der Waals surface area contributed by atoms with Crippen LogP contribution in [0.1, 0.15) is 5.56 Å². The van der Waals surface area contributed by atoms with Gasteiger partial charge < -0.3 is 19.9 Å². The normalized spacial score (nSPS) is 13.6. The number of anilines is 1. The molecule has 0 spiro atoms. The van der Waals surface area contributed by atoms with E-state index in [9.17, 15) is 14.0 Å². The predicted octanol–water partition coefficient (Wildman–Crippen LogP) is 3.43. The number of imidazole rings is 1. The molecule has 10 heteroatoms. The second kappa shape index (κ2) is 10.4. The number of carbonyl (C=O) groups is 2. The molecule has 4 aromatic rings. The first-order valence-corrected chi connectivity index (χ1v) is 11.6. The van der Waals surface area contributed by atoms with Crippen molar-refractivity contribution in [1.82, 2.24) is 24.2 Å². The van der Waals surface area contributed by atoms with E-state index < -0.39 is 0 Å². The number of fused-ring (bicyclic) bond motifs is 1. The van der Waals surface area contributed by atoms with Crippen LogP contribution in [0.3, 0.4) is 0 Å². The van der Waals surface area contributed by atoms with Crippen LogP contribution < -0.4 is 5.32 Å². The van der Waals surface area contributed by atoms with Gasteiger partial charge in [0.1, 0.15) is 23.9 Å². The molecule has 2 aromatic carbocycles. The van der Waals surface area contributed by atoms with Crippen LogP contribution in [0, 0.1) is 5.82 Å². The number of hydrogen-bond acceptors (Lipinski definition) is 6. The van der Waals surface area contributed by atoms with Crippen LogP contribution in [0.4, 0.5) is 15.0 Å². The summed E-state index contributed by atoms with van der Waals surface area (Å²) in [5.41, 5.74) is 2.85. The van der Waals surface area contributed by atoms with Crippen LogP contribution >= 0.6 is 0 Å².